The van der Waals surface area contributed by atoms with Crippen LogP contribution in [-0.4, -0.2) is 50.5 Å². The number of hydrogen-bond donors (Lipinski definition) is 1. The van der Waals surface area contributed by atoms with E-state index in [0.29, 0.717) is 23.5 Å². The van der Waals surface area contributed by atoms with Gasteiger partial charge in [-0.15, -0.1) is 0 Å². The van der Waals surface area contributed by atoms with Crippen LogP contribution in [0.25, 0.3) is 0 Å². The van der Waals surface area contributed by atoms with Gasteiger partial charge >= 0.3 is 0 Å². The van der Waals surface area contributed by atoms with Crippen molar-refractivity contribution in [3.8, 4) is 5.75 Å². The van der Waals surface area contributed by atoms with E-state index in [1.165, 1.54) is 0 Å². The molecule has 0 bridgehead atoms. The van der Waals surface area contributed by atoms with E-state index in [-0.39, 0.29) is 18.4 Å². The van der Waals surface area contributed by atoms with Gasteiger partial charge in [0.25, 0.3) is 11.8 Å². The van der Waals surface area contributed by atoms with Gasteiger partial charge in [-0.1, -0.05) is 17.7 Å². The summed E-state index contributed by atoms with van der Waals surface area (Å²) in [4.78, 5) is 28.3. The Kier molecular flexibility index (Phi) is 5.23. The molecule has 0 aliphatic carbocycles. The predicted molar refractivity (Wildman–Crippen MR) is 102 cm³/mol. The van der Waals surface area contributed by atoms with Crippen LogP contribution in [-0.2, 0) is 4.79 Å². The van der Waals surface area contributed by atoms with Gasteiger partial charge in [0.1, 0.15) is 5.75 Å². The summed E-state index contributed by atoms with van der Waals surface area (Å²) in [5, 5.41) is 2.88. The van der Waals surface area contributed by atoms with Crippen molar-refractivity contribution in [3.05, 3.63) is 53.6 Å². The first-order valence-corrected chi connectivity index (χ1v) is 8.54. The maximum atomic E-state index is 12.4. The SMILES string of the molecule is Cc1cccc(C(=O)Nc2ccc3c(c2)OCC(=O)N3CCN(C)C)c1. The van der Waals surface area contributed by atoms with Gasteiger partial charge < -0.3 is 19.9 Å². The molecule has 2 amide bonds. The number of nitrogens with zero attached hydrogens (tertiary/aromatic N) is 2. The Bertz CT molecular complexity index is 833. The van der Waals surface area contributed by atoms with Crippen LogP contribution in [0.1, 0.15) is 15.9 Å². The number of anilines is 2. The fourth-order valence-corrected chi connectivity index (χ4v) is 2.82. The zero-order valence-corrected chi connectivity index (χ0v) is 15.3. The number of ether oxygens (including phenoxy) is 1. The molecule has 1 heterocycles. The summed E-state index contributed by atoms with van der Waals surface area (Å²) in [5.74, 6) is 0.367. The molecular formula is C20H23N3O3. The molecule has 1 aliphatic rings. The van der Waals surface area contributed by atoms with Gasteiger partial charge in [0.2, 0.25) is 0 Å². The van der Waals surface area contributed by atoms with E-state index in [1.807, 2.05) is 50.2 Å². The van der Waals surface area contributed by atoms with Crippen molar-refractivity contribution < 1.29 is 14.3 Å². The monoisotopic (exact) mass is 353 g/mol. The van der Waals surface area contributed by atoms with Gasteiger partial charge in [-0.2, -0.15) is 0 Å². The molecule has 0 unspecified atom stereocenters. The molecule has 6 heteroatoms. The average molecular weight is 353 g/mol. The van der Waals surface area contributed by atoms with Crippen LogP contribution in [0.4, 0.5) is 11.4 Å². The third-order valence-corrected chi connectivity index (χ3v) is 4.21. The summed E-state index contributed by atoms with van der Waals surface area (Å²) in [6.45, 7) is 3.31. The Morgan fingerprint density at radius 1 is 1.23 bits per heavy atom. The normalized spacial score (nSPS) is 13.4. The molecule has 3 rings (SSSR count). The smallest absolute Gasteiger partial charge is 0.265 e. The first kappa shape index (κ1) is 17.9. The number of hydrogen-bond acceptors (Lipinski definition) is 4. The molecule has 0 atom stereocenters. The lowest BCUT2D eigenvalue weighted by Gasteiger charge is -2.30. The van der Waals surface area contributed by atoms with Crippen LogP contribution in [0.5, 0.6) is 5.75 Å². The highest BCUT2D eigenvalue weighted by Gasteiger charge is 2.25. The van der Waals surface area contributed by atoms with Gasteiger partial charge in [-0.25, -0.2) is 0 Å². The molecule has 0 radical (unpaired) electrons. The van der Waals surface area contributed by atoms with Gasteiger partial charge in [0.15, 0.2) is 6.61 Å². The zero-order chi connectivity index (χ0) is 18.7. The van der Waals surface area contributed by atoms with Crippen molar-refractivity contribution in [3.63, 3.8) is 0 Å². The van der Waals surface area contributed by atoms with E-state index in [0.717, 1.165) is 17.8 Å². The van der Waals surface area contributed by atoms with Crippen molar-refractivity contribution in [1.29, 1.82) is 0 Å². The quantitative estimate of drug-likeness (QED) is 0.897. The van der Waals surface area contributed by atoms with Crippen LogP contribution in [0.3, 0.4) is 0 Å². The molecule has 0 saturated carbocycles. The summed E-state index contributed by atoms with van der Waals surface area (Å²) in [6, 6.07) is 12.8. The molecule has 0 aromatic heterocycles. The highest BCUT2D eigenvalue weighted by Crippen LogP contribution is 2.34. The maximum Gasteiger partial charge on any atom is 0.265 e. The lowest BCUT2D eigenvalue weighted by Crippen LogP contribution is -2.42. The minimum absolute atomic E-state index is 0.00963. The van der Waals surface area contributed by atoms with Gasteiger partial charge in [0, 0.05) is 30.4 Å². The molecular weight excluding hydrogens is 330 g/mol. The van der Waals surface area contributed by atoms with E-state index in [2.05, 4.69) is 5.32 Å². The van der Waals surface area contributed by atoms with Crippen molar-refractivity contribution in [2.75, 3.05) is 44.0 Å². The van der Waals surface area contributed by atoms with Crippen LogP contribution in [0, 0.1) is 6.92 Å². The minimum Gasteiger partial charge on any atom is -0.481 e. The molecule has 1 N–H and O–H groups in total. The molecule has 1 aliphatic heterocycles. The van der Waals surface area contributed by atoms with Crippen LogP contribution < -0.4 is 15.0 Å². The van der Waals surface area contributed by atoms with Crippen LogP contribution in [0.15, 0.2) is 42.5 Å². The summed E-state index contributed by atoms with van der Waals surface area (Å²) in [6.07, 6.45) is 0. The number of rotatable bonds is 5. The molecule has 2 aromatic carbocycles. The summed E-state index contributed by atoms with van der Waals surface area (Å²) in [5.41, 5.74) is 3.00. The van der Waals surface area contributed by atoms with Crippen molar-refractivity contribution in [1.82, 2.24) is 4.90 Å². The van der Waals surface area contributed by atoms with Crippen LogP contribution in [0.2, 0.25) is 0 Å². The number of carbonyl (C=O) groups is 2. The molecule has 0 spiro atoms. The Hall–Kier alpha value is -2.86. The van der Waals surface area contributed by atoms with Gasteiger partial charge in [-0.3, -0.25) is 9.59 Å². The molecule has 2 aromatic rings. The largest absolute Gasteiger partial charge is 0.481 e. The number of nitrogens with one attached hydrogen (secondary N) is 1. The van der Waals surface area contributed by atoms with Crippen molar-refractivity contribution >= 4 is 23.2 Å². The number of aryl methyl sites for hydroxylation is 1. The number of carbonyl (C=O) groups excluding carboxylic acids is 2. The second-order valence-electron chi connectivity index (χ2n) is 6.64. The second kappa shape index (κ2) is 7.58. The maximum absolute atomic E-state index is 12.4. The Morgan fingerprint density at radius 2 is 2.04 bits per heavy atom. The fourth-order valence-electron chi connectivity index (χ4n) is 2.82. The Balaban J connectivity index is 1.78. The van der Waals surface area contributed by atoms with E-state index >= 15 is 0 Å². The highest BCUT2D eigenvalue weighted by molar-refractivity contribution is 6.05. The lowest BCUT2D eigenvalue weighted by atomic mass is 10.1. The molecule has 6 nitrogen and oxygen atoms in total. The topological polar surface area (TPSA) is 61.9 Å². The minimum atomic E-state index is -0.176. The number of amides is 2. The molecule has 0 fully saturated rings. The first-order valence-electron chi connectivity index (χ1n) is 8.54. The Labute approximate surface area is 153 Å². The summed E-state index contributed by atoms with van der Waals surface area (Å²) in [7, 11) is 3.94. The first-order chi connectivity index (χ1) is 12.4. The number of fused-ring (bicyclic) bond motifs is 1. The molecule has 136 valence electrons. The second-order valence-corrected chi connectivity index (χ2v) is 6.64. The predicted octanol–water partition coefficient (Wildman–Crippen LogP) is 2.53. The zero-order valence-electron chi connectivity index (χ0n) is 15.3. The summed E-state index contributed by atoms with van der Waals surface area (Å²) >= 11 is 0. The molecule has 26 heavy (non-hydrogen) atoms. The van der Waals surface area contributed by atoms with E-state index < -0.39 is 0 Å². The van der Waals surface area contributed by atoms with Crippen LogP contribution >= 0.6 is 0 Å². The standard InChI is InChI=1S/C20H23N3O3/c1-14-5-4-6-15(11-14)20(25)21-16-7-8-17-18(12-16)26-13-19(24)23(17)10-9-22(2)3/h4-8,11-12H,9-10,13H2,1-3H3,(H,21,25). The third-order valence-electron chi connectivity index (χ3n) is 4.21. The molecule has 0 saturated heterocycles. The number of benzene rings is 2. The fraction of sp³-hybridized carbons (Fsp3) is 0.300. The Morgan fingerprint density at radius 3 is 2.77 bits per heavy atom. The van der Waals surface area contributed by atoms with E-state index in [1.54, 1.807) is 23.1 Å². The highest BCUT2D eigenvalue weighted by atomic mass is 16.5. The number of likely N-dealkylation sites (N-methyl/N-ethyl adjacent to an activating group) is 1. The van der Waals surface area contributed by atoms with Crippen molar-refractivity contribution in [2.45, 2.75) is 6.92 Å². The van der Waals surface area contributed by atoms with E-state index in [4.69, 9.17) is 4.74 Å². The summed E-state index contributed by atoms with van der Waals surface area (Å²) < 4.78 is 5.56. The third kappa shape index (κ3) is 4.03. The van der Waals surface area contributed by atoms with Crippen molar-refractivity contribution in [2.24, 2.45) is 0 Å². The lowest BCUT2D eigenvalue weighted by molar-refractivity contribution is -0.121. The van der Waals surface area contributed by atoms with E-state index in [9.17, 15) is 9.59 Å². The van der Waals surface area contributed by atoms with Gasteiger partial charge in [-0.05, 0) is 45.3 Å². The van der Waals surface area contributed by atoms with Gasteiger partial charge in [0.05, 0.1) is 5.69 Å². The average Bonchev–Trinajstić information content (AvgIpc) is 2.60.